The van der Waals surface area contributed by atoms with Gasteiger partial charge in [-0.3, -0.25) is 0 Å². The monoisotopic (exact) mass is 226 g/mol. The lowest BCUT2D eigenvalue weighted by molar-refractivity contribution is 0.0286. The smallest absolute Gasteiger partial charge is 0.119 e. The zero-order valence-electron chi connectivity index (χ0n) is 9.39. The van der Waals surface area contributed by atoms with Gasteiger partial charge in [0.2, 0.25) is 0 Å². The summed E-state index contributed by atoms with van der Waals surface area (Å²) in [5.74, 6) is 0.625. The van der Waals surface area contributed by atoms with Gasteiger partial charge in [-0.1, -0.05) is 19.1 Å². The van der Waals surface area contributed by atoms with Gasteiger partial charge in [0.1, 0.15) is 5.75 Å². The maximum Gasteiger partial charge on any atom is 0.119 e. The Hall–Kier alpha value is -1.10. The molecule has 0 aliphatic rings. The maximum absolute atomic E-state index is 9.08. The van der Waals surface area contributed by atoms with Crippen molar-refractivity contribution in [3.8, 4) is 5.75 Å². The second kappa shape index (κ2) is 5.84. The zero-order chi connectivity index (χ0) is 12.0. The summed E-state index contributed by atoms with van der Waals surface area (Å²) in [6.07, 6.45) is 0. The molecule has 90 valence electrons. The Labute approximate surface area is 95.1 Å². The van der Waals surface area contributed by atoms with Crippen LogP contribution in [0.25, 0.3) is 0 Å². The molecule has 4 heteroatoms. The highest BCUT2D eigenvalue weighted by molar-refractivity contribution is 5.28. The molecule has 1 aromatic carbocycles. The van der Waals surface area contributed by atoms with E-state index in [4.69, 9.17) is 20.1 Å². The van der Waals surface area contributed by atoms with Gasteiger partial charge >= 0.3 is 0 Å². The minimum Gasteiger partial charge on any atom is -0.493 e. The van der Waals surface area contributed by atoms with Crippen LogP contribution < -0.4 is 4.74 Å². The average molecular weight is 226 g/mol. The van der Waals surface area contributed by atoms with E-state index in [1.165, 1.54) is 0 Å². The van der Waals surface area contributed by atoms with E-state index >= 15 is 0 Å². The molecule has 0 unspecified atom stereocenters. The highest BCUT2D eigenvalue weighted by Crippen LogP contribution is 2.19. The predicted octanol–water partition coefficient (Wildman–Crippen LogP) is 0.549. The quantitative estimate of drug-likeness (QED) is 0.662. The Morgan fingerprint density at radius 1 is 1.19 bits per heavy atom. The van der Waals surface area contributed by atoms with Crippen LogP contribution in [0.3, 0.4) is 0 Å². The lowest BCUT2D eigenvalue weighted by Crippen LogP contribution is -2.33. The van der Waals surface area contributed by atoms with Crippen molar-refractivity contribution in [1.82, 2.24) is 0 Å². The summed E-state index contributed by atoms with van der Waals surface area (Å²) in [5.41, 5.74) is 0.127. The largest absolute Gasteiger partial charge is 0.493 e. The Morgan fingerprint density at radius 2 is 1.88 bits per heavy atom. The van der Waals surface area contributed by atoms with E-state index in [0.717, 1.165) is 5.56 Å². The molecular weight excluding hydrogens is 208 g/mol. The number of hydrogen-bond donors (Lipinski definition) is 3. The van der Waals surface area contributed by atoms with Crippen LogP contribution >= 0.6 is 0 Å². The SMILES string of the molecule is CC(CO)(CO)COc1cccc(CO)c1. The number of aliphatic hydroxyl groups excluding tert-OH is 3. The summed E-state index contributed by atoms with van der Waals surface area (Å²) in [5, 5.41) is 27.1. The summed E-state index contributed by atoms with van der Waals surface area (Å²) in [6.45, 7) is 1.67. The third-order valence-electron chi connectivity index (χ3n) is 2.43. The van der Waals surface area contributed by atoms with E-state index in [0.29, 0.717) is 5.75 Å². The Bertz CT molecular complexity index is 321. The fraction of sp³-hybridized carbons (Fsp3) is 0.500. The van der Waals surface area contributed by atoms with Gasteiger partial charge in [0.15, 0.2) is 0 Å². The van der Waals surface area contributed by atoms with Gasteiger partial charge in [0.25, 0.3) is 0 Å². The second-order valence-corrected chi connectivity index (χ2v) is 4.22. The van der Waals surface area contributed by atoms with Crippen LogP contribution in [0, 0.1) is 5.41 Å². The highest BCUT2D eigenvalue weighted by atomic mass is 16.5. The highest BCUT2D eigenvalue weighted by Gasteiger charge is 2.23. The van der Waals surface area contributed by atoms with Crippen LogP contribution in [0.5, 0.6) is 5.75 Å². The number of aliphatic hydroxyl groups is 3. The summed E-state index contributed by atoms with van der Waals surface area (Å²) < 4.78 is 5.46. The molecule has 0 heterocycles. The second-order valence-electron chi connectivity index (χ2n) is 4.22. The molecule has 0 amide bonds. The van der Waals surface area contributed by atoms with Crippen molar-refractivity contribution >= 4 is 0 Å². The van der Waals surface area contributed by atoms with Crippen molar-refractivity contribution in [3.63, 3.8) is 0 Å². The van der Waals surface area contributed by atoms with Crippen LogP contribution in [-0.4, -0.2) is 35.1 Å². The molecule has 0 aliphatic heterocycles. The van der Waals surface area contributed by atoms with Crippen LogP contribution in [0.15, 0.2) is 24.3 Å². The lowest BCUT2D eigenvalue weighted by Gasteiger charge is -2.24. The van der Waals surface area contributed by atoms with Crippen molar-refractivity contribution in [1.29, 1.82) is 0 Å². The maximum atomic E-state index is 9.08. The van der Waals surface area contributed by atoms with Gasteiger partial charge in [-0.15, -0.1) is 0 Å². The van der Waals surface area contributed by atoms with Gasteiger partial charge in [-0.2, -0.15) is 0 Å². The van der Waals surface area contributed by atoms with Crippen LogP contribution in [0.4, 0.5) is 0 Å². The van der Waals surface area contributed by atoms with Gasteiger partial charge < -0.3 is 20.1 Å². The molecular formula is C12H18O4. The molecule has 0 bridgehead atoms. The third kappa shape index (κ3) is 3.48. The molecule has 16 heavy (non-hydrogen) atoms. The molecule has 4 nitrogen and oxygen atoms in total. The first-order valence-corrected chi connectivity index (χ1v) is 5.18. The predicted molar refractivity (Wildman–Crippen MR) is 60.1 cm³/mol. The van der Waals surface area contributed by atoms with E-state index in [1.807, 2.05) is 0 Å². The first-order chi connectivity index (χ1) is 7.63. The molecule has 1 aromatic rings. The Morgan fingerprint density at radius 3 is 2.44 bits per heavy atom. The number of rotatable bonds is 6. The summed E-state index contributed by atoms with van der Waals surface area (Å²) in [4.78, 5) is 0. The minimum atomic E-state index is -0.644. The lowest BCUT2D eigenvalue weighted by atomic mass is 9.94. The van der Waals surface area contributed by atoms with Crippen molar-refractivity contribution in [2.45, 2.75) is 13.5 Å². The Balaban J connectivity index is 2.60. The number of ether oxygens (including phenoxy) is 1. The van der Waals surface area contributed by atoms with Gasteiger partial charge in [-0.25, -0.2) is 0 Å². The van der Waals surface area contributed by atoms with E-state index in [-0.39, 0.29) is 26.4 Å². The topological polar surface area (TPSA) is 69.9 Å². The van der Waals surface area contributed by atoms with Crippen LogP contribution in [-0.2, 0) is 6.61 Å². The van der Waals surface area contributed by atoms with E-state index in [9.17, 15) is 0 Å². The third-order valence-corrected chi connectivity index (χ3v) is 2.43. The normalized spacial score (nSPS) is 11.5. The fourth-order valence-corrected chi connectivity index (χ4v) is 1.13. The molecule has 0 aromatic heterocycles. The molecule has 0 atom stereocenters. The summed E-state index contributed by atoms with van der Waals surface area (Å²) in [6, 6.07) is 7.09. The molecule has 0 saturated carbocycles. The molecule has 0 saturated heterocycles. The van der Waals surface area contributed by atoms with Crippen molar-refractivity contribution in [2.24, 2.45) is 5.41 Å². The summed E-state index contributed by atoms with van der Waals surface area (Å²) in [7, 11) is 0. The number of hydrogen-bond acceptors (Lipinski definition) is 4. The first kappa shape index (κ1) is 13.0. The van der Waals surface area contributed by atoms with Gasteiger partial charge in [0.05, 0.1) is 26.4 Å². The van der Waals surface area contributed by atoms with Gasteiger partial charge in [-0.05, 0) is 17.7 Å². The Kier molecular flexibility index (Phi) is 4.73. The van der Waals surface area contributed by atoms with Crippen LogP contribution in [0.1, 0.15) is 12.5 Å². The molecule has 3 N–H and O–H groups in total. The van der Waals surface area contributed by atoms with Crippen LogP contribution in [0.2, 0.25) is 0 Å². The minimum absolute atomic E-state index is 0.0333. The van der Waals surface area contributed by atoms with Gasteiger partial charge in [0, 0.05) is 5.41 Å². The molecule has 0 spiro atoms. The zero-order valence-corrected chi connectivity index (χ0v) is 9.39. The molecule has 0 radical (unpaired) electrons. The standard InChI is InChI=1S/C12H18O4/c1-12(7-14,8-15)9-16-11-4-2-3-10(5-11)6-13/h2-5,13-15H,6-9H2,1H3. The van der Waals surface area contributed by atoms with E-state index in [2.05, 4.69) is 0 Å². The first-order valence-electron chi connectivity index (χ1n) is 5.18. The molecule has 0 fully saturated rings. The van der Waals surface area contributed by atoms with Crippen molar-refractivity contribution in [3.05, 3.63) is 29.8 Å². The molecule has 1 rings (SSSR count). The fourth-order valence-electron chi connectivity index (χ4n) is 1.13. The number of benzene rings is 1. The van der Waals surface area contributed by atoms with Crippen molar-refractivity contribution in [2.75, 3.05) is 19.8 Å². The van der Waals surface area contributed by atoms with E-state index < -0.39 is 5.41 Å². The summed E-state index contributed by atoms with van der Waals surface area (Å²) >= 11 is 0. The average Bonchev–Trinajstić information content (AvgIpc) is 2.36. The molecule has 0 aliphatic carbocycles. The van der Waals surface area contributed by atoms with Crippen molar-refractivity contribution < 1.29 is 20.1 Å². The van der Waals surface area contributed by atoms with E-state index in [1.54, 1.807) is 31.2 Å².